The van der Waals surface area contributed by atoms with E-state index >= 15 is 0 Å². The van der Waals surface area contributed by atoms with E-state index in [1.54, 1.807) is 0 Å². The van der Waals surface area contributed by atoms with Gasteiger partial charge >= 0.3 is 0 Å². The quantitative estimate of drug-likeness (QED) is 0.224. The molecule has 6 heteroatoms. The van der Waals surface area contributed by atoms with Gasteiger partial charge in [-0.2, -0.15) is 0 Å². The van der Waals surface area contributed by atoms with Gasteiger partial charge in [0.05, 0.1) is 0 Å². The lowest BCUT2D eigenvalue weighted by molar-refractivity contribution is 1.28. The summed E-state index contributed by atoms with van der Waals surface area (Å²) in [6, 6.07) is 60.4. The SMILES string of the molecule is Bc1c(B)c(N(c2ccccc2)c2ccccc2)c(B)c(B)c1-c1ccc(-c2ccc(N(c3ccccc3)c3ccccc3)cc2)cc1. The third kappa shape index (κ3) is 5.98. The first-order chi connectivity index (χ1) is 23.5. The first kappa shape index (κ1) is 31.0. The fraction of sp³-hybridized carbons (Fsp3) is 0. The van der Waals surface area contributed by atoms with Gasteiger partial charge in [0, 0.05) is 34.1 Å². The summed E-state index contributed by atoms with van der Waals surface area (Å²) >= 11 is 0. The van der Waals surface area contributed by atoms with Gasteiger partial charge in [-0.05, 0) is 82.9 Å². The summed E-state index contributed by atoms with van der Waals surface area (Å²) < 4.78 is 0. The van der Waals surface area contributed by atoms with Crippen LogP contribution < -0.4 is 31.7 Å². The van der Waals surface area contributed by atoms with Gasteiger partial charge in [-0.1, -0.05) is 131 Å². The van der Waals surface area contributed by atoms with E-state index in [1.165, 1.54) is 49.8 Å². The molecule has 2 nitrogen and oxygen atoms in total. The molecule has 0 N–H and O–H groups in total. The molecule has 0 unspecified atom stereocenters. The third-order valence-corrected chi connectivity index (χ3v) is 9.50. The van der Waals surface area contributed by atoms with Crippen LogP contribution in [0.5, 0.6) is 0 Å². The highest BCUT2D eigenvalue weighted by Crippen LogP contribution is 2.36. The molecule has 0 saturated heterocycles. The Labute approximate surface area is 288 Å². The number of nitrogens with zero attached hydrogens (tertiary/aromatic N) is 2. The lowest BCUT2D eigenvalue weighted by Gasteiger charge is -2.32. The summed E-state index contributed by atoms with van der Waals surface area (Å²) in [5.41, 5.74) is 17.1. The van der Waals surface area contributed by atoms with Crippen molar-refractivity contribution < 1.29 is 0 Å². The third-order valence-electron chi connectivity index (χ3n) is 9.50. The summed E-state index contributed by atoms with van der Waals surface area (Å²) in [4.78, 5) is 4.70. The Morgan fingerprint density at radius 2 is 0.562 bits per heavy atom. The first-order valence-corrected chi connectivity index (χ1v) is 16.6. The van der Waals surface area contributed by atoms with E-state index in [4.69, 9.17) is 0 Å². The summed E-state index contributed by atoms with van der Waals surface area (Å²) in [5.74, 6) is 0. The van der Waals surface area contributed by atoms with Crippen LogP contribution in [0.2, 0.25) is 0 Å². The topological polar surface area (TPSA) is 6.48 Å². The molecule has 0 heterocycles. The summed E-state index contributed by atoms with van der Waals surface area (Å²) in [6.07, 6.45) is 0. The van der Waals surface area contributed by atoms with Crippen LogP contribution in [0.4, 0.5) is 34.1 Å². The van der Waals surface area contributed by atoms with Crippen LogP contribution in [0, 0.1) is 0 Å². The van der Waals surface area contributed by atoms with Crippen molar-refractivity contribution in [2.24, 2.45) is 0 Å². The Hall–Kier alpha value is -5.60. The molecule has 7 rings (SSSR count). The van der Waals surface area contributed by atoms with E-state index in [2.05, 4.69) is 211 Å². The van der Waals surface area contributed by atoms with E-state index in [0.717, 1.165) is 28.4 Å². The molecular formula is C42H36B4N2. The van der Waals surface area contributed by atoms with Gasteiger partial charge in [-0.25, -0.2) is 0 Å². The highest BCUT2D eigenvalue weighted by Gasteiger charge is 2.22. The van der Waals surface area contributed by atoms with Crippen LogP contribution in [-0.2, 0) is 0 Å². The zero-order valence-corrected chi connectivity index (χ0v) is 28.1. The standard InChI is InChI=1S/C42H36B4N2/c43-38-37(39(44)41(46)42(40(38)45)48(34-17-9-3-10-18-34)35-19-11-4-12-20-35)31-23-21-29(22-24-31)30-25-27-36(28-26-30)47(32-13-5-1-6-14-32)33-15-7-2-8-16-33/h1-28H,43-46H2. The van der Waals surface area contributed by atoms with Crippen LogP contribution in [0.25, 0.3) is 22.3 Å². The number of anilines is 6. The molecule has 0 amide bonds. The molecule has 0 atom stereocenters. The molecular weight excluding hydrogens is 576 g/mol. The van der Waals surface area contributed by atoms with E-state index in [1.807, 2.05) is 0 Å². The van der Waals surface area contributed by atoms with E-state index in [0.29, 0.717) is 0 Å². The zero-order chi connectivity index (χ0) is 33.0. The normalized spacial score (nSPS) is 10.8. The maximum atomic E-state index is 2.40. The molecule has 226 valence electrons. The Morgan fingerprint density at radius 1 is 0.271 bits per heavy atom. The van der Waals surface area contributed by atoms with Crippen molar-refractivity contribution in [1.29, 1.82) is 0 Å². The number of hydrogen-bond acceptors (Lipinski definition) is 2. The van der Waals surface area contributed by atoms with Crippen molar-refractivity contribution in [3.05, 3.63) is 170 Å². The van der Waals surface area contributed by atoms with Crippen molar-refractivity contribution in [1.82, 2.24) is 0 Å². The number of benzene rings is 7. The molecule has 48 heavy (non-hydrogen) atoms. The average molecular weight is 612 g/mol. The minimum absolute atomic E-state index is 1.13. The number of rotatable bonds is 8. The van der Waals surface area contributed by atoms with Crippen molar-refractivity contribution >= 4 is 87.4 Å². The van der Waals surface area contributed by atoms with Gasteiger partial charge < -0.3 is 9.80 Å². The zero-order valence-electron chi connectivity index (χ0n) is 28.1. The van der Waals surface area contributed by atoms with Gasteiger partial charge in [-0.3, -0.25) is 0 Å². The Balaban J connectivity index is 1.22. The molecule has 0 spiro atoms. The summed E-state index contributed by atoms with van der Waals surface area (Å²) in [7, 11) is 9.08. The van der Waals surface area contributed by atoms with Crippen LogP contribution in [-0.4, -0.2) is 31.4 Å². The molecule has 0 radical (unpaired) electrons. The lowest BCUT2D eigenvalue weighted by atomic mass is 9.64. The van der Waals surface area contributed by atoms with Crippen LogP contribution in [0.3, 0.4) is 0 Å². The van der Waals surface area contributed by atoms with Crippen molar-refractivity contribution in [2.75, 3.05) is 9.80 Å². The predicted octanol–water partition coefficient (Wildman–Crippen LogP) is 4.99. The average Bonchev–Trinajstić information content (AvgIpc) is 3.15. The largest absolute Gasteiger partial charge is 0.312 e. The monoisotopic (exact) mass is 612 g/mol. The minimum atomic E-state index is 1.13. The second kappa shape index (κ2) is 13.6. The second-order valence-corrected chi connectivity index (χ2v) is 12.4. The first-order valence-electron chi connectivity index (χ1n) is 16.6. The second-order valence-electron chi connectivity index (χ2n) is 12.4. The number of para-hydroxylation sites is 4. The van der Waals surface area contributed by atoms with Crippen LogP contribution in [0.1, 0.15) is 0 Å². The van der Waals surface area contributed by atoms with Crippen molar-refractivity contribution in [3.8, 4) is 22.3 Å². The fourth-order valence-electron chi connectivity index (χ4n) is 6.86. The lowest BCUT2D eigenvalue weighted by Crippen LogP contribution is -2.46. The van der Waals surface area contributed by atoms with Crippen molar-refractivity contribution in [3.63, 3.8) is 0 Å². The Bertz CT molecular complexity index is 2030. The van der Waals surface area contributed by atoms with Crippen LogP contribution in [0.15, 0.2) is 170 Å². The highest BCUT2D eigenvalue weighted by atomic mass is 15.1. The molecule has 0 aromatic heterocycles. The predicted molar refractivity (Wildman–Crippen MR) is 219 cm³/mol. The molecule has 7 aromatic rings. The van der Waals surface area contributed by atoms with Gasteiger partial charge in [0.2, 0.25) is 0 Å². The number of hydrogen-bond donors (Lipinski definition) is 0. The van der Waals surface area contributed by atoms with Gasteiger partial charge in [0.15, 0.2) is 0 Å². The molecule has 0 aliphatic rings. The van der Waals surface area contributed by atoms with E-state index in [-0.39, 0.29) is 0 Å². The molecule has 0 fully saturated rings. The van der Waals surface area contributed by atoms with Gasteiger partial charge in [-0.15, -0.1) is 0 Å². The Kier molecular flexibility index (Phi) is 8.81. The highest BCUT2D eigenvalue weighted by molar-refractivity contribution is 6.63. The van der Waals surface area contributed by atoms with Crippen molar-refractivity contribution in [2.45, 2.75) is 0 Å². The minimum Gasteiger partial charge on any atom is -0.312 e. The van der Waals surface area contributed by atoms with E-state index in [9.17, 15) is 0 Å². The van der Waals surface area contributed by atoms with E-state index < -0.39 is 0 Å². The smallest absolute Gasteiger partial charge is 0.141 e. The van der Waals surface area contributed by atoms with Crippen LogP contribution >= 0.6 is 0 Å². The molecule has 0 aliphatic heterocycles. The molecule has 7 aromatic carbocycles. The fourth-order valence-corrected chi connectivity index (χ4v) is 6.86. The maximum absolute atomic E-state index is 2.40. The van der Waals surface area contributed by atoms with Gasteiger partial charge in [0.1, 0.15) is 31.4 Å². The summed E-state index contributed by atoms with van der Waals surface area (Å²) in [6.45, 7) is 0. The molecule has 0 aliphatic carbocycles. The van der Waals surface area contributed by atoms with Gasteiger partial charge in [0.25, 0.3) is 0 Å². The Morgan fingerprint density at radius 3 is 0.938 bits per heavy atom. The summed E-state index contributed by atoms with van der Waals surface area (Å²) in [5, 5.41) is 0. The molecule has 0 saturated carbocycles. The molecule has 0 bridgehead atoms. The maximum Gasteiger partial charge on any atom is 0.141 e.